The molecule has 1 aromatic rings. The van der Waals surface area contributed by atoms with Crippen LogP contribution >= 0.6 is 0 Å². The van der Waals surface area contributed by atoms with Crippen molar-refractivity contribution in [3.8, 4) is 0 Å². The largest absolute Gasteiger partial charge is 0.468 e. The van der Waals surface area contributed by atoms with Gasteiger partial charge in [0.15, 0.2) is 0 Å². The van der Waals surface area contributed by atoms with Gasteiger partial charge in [-0.2, -0.15) is 5.10 Å². The summed E-state index contributed by atoms with van der Waals surface area (Å²) < 4.78 is 6.99. The van der Waals surface area contributed by atoms with E-state index in [1.54, 1.807) is 0 Å². The monoisotopic (exact) mass is 265 g/mol. The minimum atomic E-state index is -0.504. The van der Waals surface area contributed by atoms with Crippen molar-refractivity contribution in [2.45, 2.75) is 44.7 Å². The van der Waals surface area contributed by atoms with Crippen molar-refractivity contribution >= 4 is 5.97 Å². The Labute approximate surface area is 114 Å². The van der Waals surface area contributed by atoms with E-state index in [0.717, 1.165) is 37.9 Å². The lowest BCUT2D eigenvalue weighted by Gasteiger charge is -2.32. The Morgan fingerprint density at radius 2 is 2.47 bits per heavy atom. The molecule has 2 rings (SSSR count). The molecule has 0 amide bonds. The molecule has 0 bridgehead atoms. The predicted molar refractivity (Wildman–Crippen MR) is 72.7 cm³/mol. The van der Waals surface area contributed by atoms with Crippen molar-refractivity contribution in [1.82, 2.24) is 15.1 Å². The number of hydrogen-bond acceptors (Lipinski definition) is 4. The first-order chi connectivity index (χ1) is 9.14. The van der Waals surface area contributed by atoms with Crippen LogP contribution in [0.5, 0.6) is 0 Å². The molecule has 0 spiro atoms. The summed E-state index contributed by atoms with van der Waals surface area (Å²) in [5.41, 5.74) is 0.654. The van der Waals surface area contributed by atoms with Gasteiger partial charge in [-0.25, -0.2) is 0 Å². The molecule has 19 heavy (non-hydrogen) atoms. The molecule has 1 aliphatic carbocycles. The highest BCUT2D eigenvalue weighted by Gasteiger charge is 2.48. The number of methoxy groups -OCH3 is 1. The molecule has 1 aliphatic rings. The van der Waals surface area contributed by atoms with Crippen molar-refractivity contribution in [2.75, 3.05) is 14.2 Å². The fourth-order valence-electron chi connectivity index (χ4n) is 3.26. The van der Waals surface area contributed by atoms with Crippen LogP contribution in [-0.2, 0) is 16.1 Å². The summed E-state index contributed by atoms with van der Waals surface area (Å²) in [6.45, 7) is 2.90. The SMILES string of the molecule is CNC1(C(=O)OC)CCCC1CCn1nccc1C. The van der Waals surface area contributed by atoms with Crippen LogP contribution in [0.4, 0.5) is 0 Å². The first-order valence-corrected chi connectivity index (χ1v) is 6.90. The molecule has 106 valence electrons. The standard InChI is InChI=1S/C14H23N3O2/c1-11-6-9-16-17(11)10-7-12-5-4-8-14(12,15-2)13(18)19-3/h6,9,12,15H,4-5,7-8,10H2,1-3H3. The quantitative estimate of drug-likeness (QED) is 0.820. The number of nitrogens with zero attached hydrogens (tertiary/aromatic N) is 2. The number of rotatable bonds is 5. The van der Waals surface area contributed by atoms with E-state index in [1.165, 1.54) is 7.11 Å². The highest BCUT2D eigenvalue weighted by Crippen LogP contribution is 2.38. The van der Waals surface area contributed by atoms with Gasteiger partial charge < -0.3 is 10.1 Å². The molecular weight excluding hydrogens is 242 g/mol. The summed E-state index contributed by atoms with van der Waals surface area (Å²) in [5.74, 6) is 0.184. The van der Waals surface area contributed by atoms with Gasteiger partial charge in [-0.15, -0.1) is 0 Å². The first-order valence-electron chi connectivity index (χ1n) is 6.90. The maximum atomic E-state index is 12.1. The lowest BCUT2D eigenvalue weighted by Crippen LogP contribution is -2.54. The van der Waals surface area contributed by atoms with Gasteiger partial charge in [0.25, 0.3) is 0 Å². The second-order valence-corrected chi connectivity index (χ2v) is 5.29. The molecule has 5 heteroatoms. The van der Waals surface area contributed by atoms with E-state index in [2.05, 4.69) is 10.4 Å². The number of carbonyl (C=O) groups is 1. The van der Waals surface area contributed by atoms with Gasteiger partial charge in [-0.3, -0.25) is 9.48 Å². The molecule has 1 N–H and O–H groups in total. The average molecular weight is 265 g/mol. The molecule has 1 heterocycles. The summed E-state index contributed by atoms with van der Waals surface area (Å²) in [7, 11) is 3.32. The number of ether oxygens (including phenoxy) is 1. The molecule has 0 aromatic carbocycles. The van der Waals surface area contributed by atoms with Crippen LogP contribution in [0.1, 0.15) is 31.4 Å². The molecule has 0 saturated heterocycles. The maximum absolute atomic E-state index is 12.1. The Bertz CT molecular complexity index is 444. The normalized spacial score (nSPS) is 26.6. The zero-order valence-electron chi connectivity index (χ0n) is 12.0. The van der Waals surface area contributed by atoms with Crippen LogP contribution in [0.15, 0.2) is 12.3 Å². The number of hydrogen-bond donors (Lipinski definition) is 1. The molecule has 0 aliphatic heterocycles. The average Bonchev–Trinajstić information content (AvgIpc) is 3.02. The Morgan fingerprint density at radius 1 is 1.68 bits per heavy atom. The molecular formula is C14H23N3O2. The predicted octanol–water partition coefficient (Wildman–Crippen LogP) is 1.51. The summed E-state index contributed by atoms with van der Waals surface area (Å²) in [5, 5.41) is 7.51. The third kappa shape index (κ3) is 2.52. The number of nitrogens with one attached hydrogen (secondary N) is 1. The van der Waals surface area contributed by atoms with E-state index in [4.69, 9.17) is 4.74 Å². The van der Waals surface area contributed by atoms with E-state index in [9.17, 15) is 4.79 Å². The zero-order valence-corrected chi connectivity index (χ0v) is 12.0. The molecule has 1 aromatic heterocycles. The fourth-order valence-corrected chi connectivity index (χ4v) is 3.26. The summed E-state index contributed by atoms with van der Waals surface area (Å²) in [6.07, 6.45) is 5.75. The van der Waals surface area contributed by atoms with Crippen LogP contribution < -0.4 is 5.32 Å². The Balaban J connectivity index is 2.06. The van der Waals surface area contributed by atoms with Gasteiger partial charge in [0, 0.05) is 18.4 Å². The van der Waals surface area contributed by atoms with E-state index >= 15 is 0 Å². The number of carbonyl (C=O) groups excluding carboxylic acids is 1. The Morgan fingerprint density at radius 3 is 3.05 bits per heavy atom. The van der Waals surface area contributed by atoms with Gasteiger partial charge in [-0.1, -0.05) is 6.42 Å². The van der Waals surface area contributed by atoms with E-state index in [1.807, 2.05) is 30.9 Å². The summed E-state index contributed by atoms with van der Waals surface area (Å²) >= 11 is 0. The number of aromatic nitrogens is 2. The van der Waals surface area contributed by atoms with Crippen molar-refractivity contribution in [2.24, 2.45) is 5.92 Å². The van der Waals surface area contributed by atoms with E-state index < -0.39 is 5.54 Å². The topological polar surface area (TPSA) is 56.1 Å². The lowest BCUT2D eigenvalue weighted by molar-refractivity contribution is -0.150. The molecule has 2 unspecified atom stereocenters. The lowest BCUT2D eigenvalue weighted by atomic mass is 9.84. The molecule has 0 radical (unpaired) electrons. The van der Waals surface area contributed by atoms with Crippen LogP contribution in [0, 0.1) is 12.8 Å². The van der Waals surface area contributed by atoms with Crippen molar-refractivity contribution in [1.29, 1.82) is 0 Å². The second kappa shape index (κ2) is 5.74. The van der Waals surface area contributed by atoms with Crippen LogP contribution in [0.2, 0.25) is 0 Å². The smallest absolute Gasteiger partial charge is 0.326 e. The highest BCUT2D eigenvalue weighted by atomic mass is 16.5. The van der Waals surface area contributed by atoms with Crippen molar-refractivity contribution < 1.29 is 9.53 Å². The zero-order chi connectivity index (χ0) is 13.9. The van der Waals surface area contributed by atoms with Gasteiger partial charge in [0.05, 0.1) is 7.11 Å². The molecule has 2 atom stereocenters. The minimum Gasteiger partial charge on any atom is -0.468 e. The molecule has 1 fully saturated rings. The van der Waals surface area contributed by atoms with Gasteiger partial charge >= 0.3 is 5.97 Å². The number of likely N-dealkylation sites (N-methyl/N-ethyl adjacent to an activating group) is 1. The van der Waals surface area contributed by atoms with Gasteiger partial charge in [0.2, 0.25) is 0 Å². The summed E-state index contributed by atoms with van der Waals surface area (Å²) in [6, 6.07) is 2.00. The van der Waals surface area contributed by atoms with Crippen molar-refractivity contribution in [3.05, 3.63) is 18.0 Å². The second-order valence-electron chi connectivity index (χ2n) is 5.29. The Hall–Kier alpha value is -1.36. The third-order valence-electron chi connectivity index (χ3n) is 4.43. The van der Waals surface area contributed by atoms with Crippen LogP contribution in [0.3, 0.4) is 0 Å². The minimum absolute atomic E-state index is 0.130. The Kier molecular flexibility index (Phi) is 4.24. The maximum Gasteiger partial charge on any atom is 0.326 e. The van der Waals surface area contributed by atoms with E-state index in [-0.39, 0.29) is 5.97 Å². The van der Waals surface area contributed by atoms with Crippen LogP contribution in [-0.4, -0.2) is 35.4 Å². The molecule has 5 nitrogen and oxygen atoms in total. The van der Waals surface area contributed by atoms with Crippen molar-refractivity contribution in [3.63, 3.8) is 0 Å². The third-order valence-corrected chi connectivity index (χ3v) is 4.43. The van der Waals surface area contributed by atoms with Gasteiger partial charge in [0.1, 0.15) is 5.54 Å². The fraction of sp³-hybridized carbons (Fsp3) is 0.714. The van der Waals surface area contributed by atoms with E-state index in [0.29, 0.717) is 5.92 Å². The number of aryl methyl sites for hydroxylation is 2. The summed E-state index contributed by atoms with van der Waals surface area (Å²) in [4.78, 5) is 12.1. The van der Waals surface area contributed by atoms with Gasteiger partial charge in [-0.05, 0) is 45.2 Å². The highest BCUT2D eigenvalue weighted by molar-refractivity contribution is 5.81. The first kappa shape index (κ1) is 14.1. The van der Waals surface area contributed by atoms with Crippen LogP contribution in [0.25, 0.3) is 0 Å². The molecule has 1 saturated carbocycles. The number of esters is 1.